The Morgan fingerprint density at radius 2 is 2.00 bits per heavy atom. The van der Waals surface area contributed by atoms with E-state index in [9.17, 15) is 14.4 Å². The van der Waals surface area contributed by atoms with Gasteiger partial charge in [0.15, 0.2) is 0 Å². The Hall–Kier alpha value is -2.89. The first-order valence-corrected chi connectivity index (χ1v) is 7.93. The van der Waals surface area contributed by atoms with Crippen LogP contribution >= 0.6 is 0 Å². The molecule has 2 heterocycles. The summed E-state index contributed by atoms with van der Waals surface area (Å²) in [6.45, 7) is 2.84. The second-order valence-corrected chi connectivity index (χ2v) is 5.78. The molecule has 0 unspecified atom stereocenters. The molecule has 1 atom stereocenters. The van der Waals surface area contributed by atoms with Crippen molar-refractivity contribution >= 4 is 17.7 Å². The zero-order chi connectivity index (χ0) is 17.1. The molecule has 6 heteroatoms. The third-order valence-electron chi connectivity index (χ3n) is 4.13. The highest BCUT2D eigenvalue weighted by molar-refractivity contribution is 6.08. The summed E-state index contributed by atoms with van der Waals surface area (Å²) >= 11 is 0. The van der Waals surface area contributed by atoms with Gasteiger partial charge >= 0.3 is 0 Å². The fourth-order valence-electron chi connectivity index (χ4n) is 2.92. The number of carbonyl (C=O) groups excluding carboxylic acids is 3. The number of carbonyl (C=O) groups is 3. The summed E-state index contributed by atoms with van der Waals surface area (Å²) in [7, 11) is 0. The first-order valence-electron chi connectivity index (χ1n) is 7.93. The summed E-state index contributed by atoms with van der Waals surface area (Å²) < 4.78 is 1.93. The van der Waals surface area contributed by atoms with Crippen molar-refractivity contribution < 1.29 is 14.4 Å². The Bertz CT molecular complexity index is 767. The quantitative estimate of drug-likeness (QED) is 0.845. The van der Waals surface area contributed by atoms with Crippen LogP contribution < -0.4 is 5.32 Å². The fourth-order valence-corrected chi connectivity index (χ4v) is 2.92. The molecule has 124 valence electrons. The highest BCUT2D eigenvalue weighted by Crippen LogP contribution is 2.16. The van der Waals surface area contributed by atoms with Crippen molar-refractivity contribution in [2.45, 2.75) is 25.9 Å². The number of hydrogen-bond acceptors (Lipinski definition) is 3. The van der Waals surface area contributed by atoms with E-state index in [2.05, 4.69) is 5.32 Å². The second-order valence-electron chi connectivity index (χ2n) is 5.78. The van der Waals surface area contributed by atoms with Gasteiger partial charge in [-0.05, 0) is 18.6 Å². The number of nitrogens with one attached hydrogen (secondary N) is 1. The highest BCUT2D eigenvalue weighted by atomic mass is 16.2. The van der Waals surface area contributed by atoms with Gasteiger partial charge in [-0.1, -0.05) is 30.3 Å². The molecule has 1 aromatic carbocycles. The van der Waals surface area contributed by atoms with Gasteiger partial charge in [0.2, 0.25) is 11.8 Å². The third kappa shape index (κ3) is 3.22. The van der Waals surface area contributed by atoms with Crippen molar-refractivity contribution in [2.75, 3.05) is 6.54 Å². The summed E-state index contributed by atoms with van der Waals surface area (Å²) in [6, 6.07) is 11.0. The number of nitrogens with zero attached hydrogens (tertiary/aromatic N) is 2. The average molecular weight is 325 g/mol. The molecule has 0 bridgehead atoms. The maximum absolute atomic E-state index is 12.7. The van der Waals surface area contributed by atoms with E-state index in [0.717, 1.165) is 5.56 Å². The molecule has 2 aromatic rings. The number of amides is 3. The first kappa shape index (κ1) is 16.0. The Labute approximate surface area is 140 Å². The maximum atomic E-state index is 12.7. The van der Waals surface area contributed by atoms with Crippen LogP contribution in [0, 0.1) is 0 Å². The van der Waals surface area contributed by atoms with Crippen molar-refractivity contribution in [1.82, 2.24) is 14.8 Å². The Kier molecular flexibility index (Phi) is 4.46. The van der Waals surface area contributed by atoms with Gasteiger partial charge in [0.25, 0.3) is 5.91 Å². The van der Waals surface area contributed by atoms with E-state index in [1.807, 2.05) is 41.1 Å². The minimum absolute atomic E-state index is 0.0309. The molecule has 1 N–H and O–H groups in total. The molecule has 1 aromatic heterocycles. The van der Waals surface area contributed by atoms with Crippen LogP contribution in [0.3, 0.4) is 0 Å². The predicted octanol–water partition coefficient (Wildman–Crippen LogP) is 1.41. The zero-order valence-corrected chi connectivity index (χ0v) is 13.4. The Balaban J connectivity index is 1.75. The lowest BCUT2D eigenvalue weighted by Gasteiger charge is -2.24. The number of rotatable bonds is 5. The number of imide groups is 1. The summed E-state index contributed by atoms with van der Waals surface area (Å²) in [6.07, 6.45) is 3.64. The number of likely N-dealkylation sites (N-methyl/N-ethyl adjacent to an activating group) is 1. The van der Waals surface area contributed by atoms with Crippen LogP contribution in [0.15, 0.2) is 48.8 Å². The molecule has 24 heavy (non-hydrogen) atoms. The predicted molar refractivity (Wildman–Crippen MR) is 88.2 cm³/mol. The van der Waals surface area contributed by atoms with Crippen LogP contribution in [-0.2, 0) is 16.1 Å². The van der Waals surface area contributed by atoms with Crippen LogP contribution in [0.1, 0.15) is 29.3 Å². The van der Waals surface area contributed by atoms with Crippen LogP contribution in [0.2, 0.25) is 0 Å². The second kappa shape index (κ2) is 6.70. The Morgan fingerprint density at radius 3 is 2.62 bits per heavy atom. The van der Waals surface area contributed by atoms with Crippen molar-refractivity contribution in [1.29, 1.82) is 0 Å². The summed E-state index contributed by atoms with van der Waals surface area (Å²) in [5.41, 5.74) is 1.65. The largest absolute Gasteiger partial charge is 0.349 e. The molecule has 1 saturated heterocycles. The summed E-state index contributed by atoms with van der Waals surface area (Å²) in [5, 5.41) is 2.25. The molecule has 3 amide bonds. The molecule has 1 aliphatic rings. The van der Waals surface area contributed by atoms with E-state index >= 15 is 0 Å². The van der Waals surface area contributed by atoms with Crippen LogP contribution in [0.4, 0.5) is 0 Å². The normalized spacial score (nSPS) is 17.0. The number of aromatic nitrogens is 1. The van der Waals surface area contributed by atoms with Crippen molar-refractivity contribution in [3.8, 4) is 0 Å². The standard InChI is InChI=1S/C18H19N3O3/c1-2-21(15-10-16(22)19-17(15)23)18(24)14-8-9-20(12-14)11-13-6-4-3-5-7-13/h3-9,12,15H,2,10-11H2,1H3,(H,19,22,23)/t15-/m1/s1. The average Bonchev–Trinajstić information content (AvgIpc) is 3.16. The van der Waals surface area contributed by atoms with Gasteiger partial charge < -0.3 is 9.47 Å². The topological polar surface area (TPSA) is 71.4 Å². The molecule has 6 nitrogen and oxygen atoms in total. The van der Waals surface area contributed by atoms with E-state index in [1.165, 1.54) is 4.90 Å². The number of hydrogen-bond donors (Lipinski definition) is 1. The lowest BCUT2D eigenvalue weighted by atomic mass is 10.1. The fraction of sp³-hybridized carbons (Fsp3) is 0.278. The van der Waals surface area contributed by atoms with E-state index in [-0.39, 0.29) is 18.2 Å². The molecular weight excluding hydrogens is 306 g/mol. The first-order chi connectivity index (χ1) is 11.6. The minimum Gasteiger partial charge on any atom is -0.349 e. The van der Waals surface area contributed by atoms with Gasteiger partial charge in [-0.2, -0.15) is 0 Å². The van der Waals surface area contributed by atoms with Crippen molar-refractivity contribution in [3.63, 3.8) is 0 Å². The van der Waals surface area contributed by atoms with E-state index in [0.29, 0.717) is 18.7 Å². The molecule has 1 fully saturated rings. The summed E-state index contributed by atoms with van der Waals surface area (Å²) in [4.78, 5) is 37.4. The van der Waals surface area contributed by atoms with Crippen molar-refractivity contribution in [3.05, 3.63) is 59.9 Å². The number of benzene rings is 1. The monoisotopic (exact) mass is 325 g/mol. The van der Waals surface area contributed by atoms with Crippen LogP contribution in [0.25, 0.3) is 0 Å². The van der Waals surface area contributed by atoms with Gasteiger partial charge in [-0.15, -0.1) is 0 Å². The zero-order valence-electron chi connectivity index (χ0n) is 13.4. The minimum atomic E-state index is -0.715. The Morgan fingerprint density at radius 1 is 1.25 bits per heavy atom. The molecule has 0 radical (unpaired) electrons. The molecule has 0 aliphatic carbocycles. The van der Waals surface area contributed by atoms with E-state index in [4.69, 9.17) is 0 Å². The molecule has 0 saturated carbocycles. The van der Waals surface area contributed by atoms with E-state index in [1.54, 1.807) is 19.2 Å². The van der Waals surface area contributed by atoms with Gasteiger partial charge in [-0.25, -0.2) is 0 Å². The van der Waals surface area contributed by atoms with Gasteiger partial charge in [0.1, 0.15) is 6.04 Å². The van der Waals surface area contributed by atoms with E-state index < -0.39 is 11.9 Å². The lowest BCUT2D eigenvalue weighted by Crippen LogP contribution is -2.44. The van der Waals surface area contributed by atoms with Gasteiger partial charge in [0, 0.05) is 25.5 Å². The smallest absolute Gasteiger partial charge is 0.256 e. The van der Waals surface area contributed by atoms with Crippen molar-refractivity contribution in [2.24, 2.45) is 0 Å². The molecule has 3 rings (SSSR count). The maximum Gasteiger partial charge on any atom is 0.256 e. The SMILES string of the molecule is CCN(C(=O)c1ccn(Cc2ccccc2)c1)[C@@H]1CC(=O)NC1=O. The molecular formula is C18H19N3O3. The van der Waals surface area contributed by atoms with Crippen LogP contribution in [0.5, 0.6) is 0 Å². The third-order valence-corrected chi connectivity index (χ3v) is 4.13. The van der Waals surface area contributed by atoms with Gasteiger partial charge in [-0.3, -0.25) is 19.7 Å². The molecule has 1 aliphatic heterocycles. The highest BCUT2D eigenvalue weighted by Gasteiger charge is 2.37. The van der Waals surface area contributed by atoms with Crippen LogP contribution in [-0.4, -0.2) is 39.8 Å². The molecule has 0 spiro atoms. The van der Waals surface area contributed by atoms with Gasteiger partial charge in [0.05, 0.1) is 12.0 Å². The summed E-state index contributed by atoms with van der Waals surface area (Å²) in [5.74, 6) is -0.976. The lowest BCUT2D eigenvalue weighted by molar-refractivity contribution is -0.126.